The summed E-state index contributed by atoms with van der Waals surface area (Å²) >= 11 is 0. The number of rotatable bonds is 8. The predicted molar refractivity (Wildman–Crippen MR) is 67.9 cm³/mol. The zero-order chi connectivity index (χ0) is 13.5. The highest BCUT2D eigenvalue weighted by Gasteiger charge is 2.29. The summed E-state index contributed by atoms with van der Waals surface area (Å²) in [6.07, 6.45) is 0.620. The third kappa shape index (κ3) is 5.47. The van der Waals surface area contributed by atoms with Crippen LogP contribution in [0.25, 0.3) is 0 Å². The second-order valence-electron chi connectivity index (χ2n) is 4.19. The topological polar surface area (TPSA) is 101 Å². The van der Waals surface area contributed by atoms with Gasteiger partial charge in [0.15, 0.2) is 0 Å². The molecule has 0 aliphatic rings. The van der Waals surface area contributed by atoms with Crippen molar-refractivity contribution in [2.24, 2.45) is 11.1 Å². The molecule has 0 bridgehead atoms. The van der Waals surface area contributed by atoms with Crippen molar-refractivity contribution in [1.82, 2.24) is 10.0 Å². The van der Waals surface area contributed by atoms with E-state index in [1.54, 1.807) is 13.8 Å². The molecule has 17 heavy (non-hydrogen) atoms. The Labute approximate surface area is 103 Å². The van der Waals surface area contributed by atoms with Crippen LogP contribution in [0, 0.1) is 5.41 Å². The fourth-order valence-electron chi connectivity index (χ4n) is 1.20. The Morgan fingerprint density at radius 1 is 1.35 bits per heavy atom. The molecule has 0 radical (unpaired) electrons. The smallest absolute Gasteiger partial charge is 0.227 e. The molecule has 0 aliphatic heterocycles. The van der Waals surface area contributed by atoms with Crippen LogP contribution in [0.1, 0.15) is 27.2 Å². The van der Waals surface area contributed by atoms with Gasteiger partial charge >= 0.3 is 0 Å². The van der Waals surface area contributed by atoms with Crippen molar-refractivity contribution in [3.8, 4) is 0 Å². The SMILES string of the molecule is CCNS(=O)(=O)CCNC(=O)C(C)(CC)CN. The standard InChI is InChI=1S/C10H23N3O3S/c1-4-10(3,8-11)9(14)12-6-7-17(15,16)13-5-2/h13H,4-8,11H2,1-3H3,(H,12,14). The molecular formula is C10H23N3O3S. The summed E-state index contributed by atoms with van der Waals surface area (Å²) in [5.74, 6) is -0.314. The number of carbonyl (C=O) groups excluding carboxylic acids is 1. The Kier molecular flexibility index (Phi) is 6.66. The molecule has 7 heteroatoms. The number of hydrogen-bond acceptors (Lipinski definition) is 4. The van der Waals surface area contributed by atoms with Gasteiger partial charge in [-0.05, 0) is 13.3 Å². The molecular weight excluding hydrogens is 242 g/mol. The molecule has 1 atom stereocenters. The summed E-state index contributed by atoms with van der Waals surface area (Å²) in [6.45, 7) is 6.05. The van der Waals surface area contributed by atoms with Crippen LogP contribution in [0.2, 0.25) is 0 Å². The van der Waals surface area contributed by atoms with Crippen molar-refractivity contribution < 1.29 is 13.2 Å². The van der Waals surface area contributed by atoms with Gasteiger partial charge in [-0.25, -0.2) is 13.1 Å². The van der Waals surface area contributed by atoms with E-state index in [-0.39, 0.29) is 24.7 Å². The van der Waals surface area contributed by atoms with Crippen LogP contribution in [0.4, 0.5) is 0 Å². The quantitative estimate of drug-likeness (QED) is 0.546. The number of carbonyl (C=O) groups is 1. The third-order valence-electron chi connectivity index (χ3n) is 2.80. The van der Waals surface area contributed by atoms with Gasteiger partial charge in [-0.3, -0.25) is 4.79 Å². The van der Waals surface area contributed by atoms with Gasteiger partial charge in [0.2, 0.25) is 15.9 Å². The highest BCUT2D eigenvalue weighted by Crippen LogP contribution is 2.18. The molecule has 0 saturated heterocycles. The van der Waals surface area contributed by atoms with Crippen molar-refractivity contribution in [2.75, 3.05) is 25.4 Å². The van der Waals surface area contributed by atoms with Gasteiger partial charge in [0.05, 0.1) is 11.2 Å². The molecule has 102 valence electrons. The monoisotopic (exact) mass is 265 g/mol. The van der Waals surface area contributed by atoms with Gasteiger partial charge < -0.3 is 11.1 Å². The van der Waals surface area contributed by atoms with Crippen LogP contribution in [0.15, 0.2) is 0 Å². The van der Waals surface area contributed by atoms with E-state index in [0.29, 0.717) is 13.0 Å². The average molecular weight is 265 g/mol. The lowest BCUT2D eigenvalue weighted by Gasteiger charge is -2.24. The normalized spacial score (nSPS) is 15.3. The molecule has 0 heterocycles. The van der Waals surface area contributed by atoms with Crippen LogP contribution >= 0.6 is 0 Å². The van der Waals surface area contributed by atoms with E-state index < -0.39 is 15.4 Å². The van der Waals surface area contributed by atoms with E-state index in [9.17, 15) is 13.2 Å². The number of nitrogens with two attached hydrogens (primary N) is 1. The molecule has 0 aromatic heterocycles. The Balaban J connectivity index is 4.19. The zero-order valence-corrected chi connectivity index (χ0v) is 11.6. The van der Waals surface area contributed by atoms with E-state index >= 15 is 0 Å². The molecule has 0 rings (SSSR count). The third-order valence-corrected chi connectivity index (χ3v) is 4.27. The summed E-state index contributed by atoms with van der Waals surface area (Å²) in [4.78, 5) is 11.8. The van der Waals surface area contributed by atoms with Crippen molar-refractivity contribution in [2.45, 2.75) is 27.2 Å². The molecule has 0 aromatic carbocycles. The Bertz CT molecular complexity index is 337. The molecule has 6 nitrogen and oxygen atoms in total. The maximum absolute atomic E-state index is 11.8. The van der Waals surface area contributed by atoms with Crippen molar-refractivity contribution in [3.05, 3.63) is 0 Å². The molecule has 1 amide bonds. The minimum absolute atomic E-state index is 0.101. The summed E-state index contributed by atoms with van der Waals surface area (Å²) in [5.41, 5.74) is 4.91. The second-order valence-corrected chi connectivity index (χ2v) is 6.12. The van der Waals surface area contributed by atoms with Crippen LogP contribution < -0.4 is 15.8 Å². The maximum atomic E-state index is 11.8. The first kappa shape index (κ1) is 16.3. The lowest BCUT2D eigenvalue weighted by Crippen LogP contribution is -2.45. The van der Waals surface area contributed by atoms with Gasteiger partial charge in [0.1, 0.15) is 0 Å². The van der Waals surface area contributed by atoms with Gasteiger partial charge in [0.25, 0.3) is 0 Å². The first-order valence-electron chi connectivity index (χ1n) is 5.77. The van der Waals surface area contributed by atoms with Crippen molar-refractivity contribution in [1.29, 1.82) is 0 Å². The molecule has 4 N–H and O–H groups in total. The first-order valence-corrected chi connectivity index (χ1v) is 7.42. The molecule has 0 aromatic rings. The highest BCUT2D eigenvalue weighted by molar-refractivity contribution is 7.89. The van der Waals surface area contributed by atoms with Gasteiger partial charge in [-0.1, -0.05) is 13.8 Å². The molecule has 1 unspecified atom stereocenters. The molecule has 0 spiro atoms. The summed E-state index contributed by atoms with van der Waals surface area (Å²) in [7, 11) is -3.28. The van der Waals surface area contributed by atoms with Gasteiger partial charge in [0, 0.05) is 19.6 Å². The number of nitrogens with one attached hydrogen (secondary N) is 2. The Hall–Kier alpha value is -0.660. The minimum atomic E-state index is -3.28. The molecule has 0 saturated carbocycles. The van der Waals surface area contributed by atoms with Gasteiger partial charge in [-0.2, -0.15) is 0 Å². The number of sulfonamides is 1. The van der Waals surface area contributed by atoms with E-state index in [4.69, 9.17) is 5.73 Å². The second kappa shape index (κ2) is 6.93. The maximum Gasteiger partial charge on any atom is 0.227 e. The highest BCUT2D eigenvalue weighted by atomic mass is 32.2. The lowest BCUT2D eigenvalue weighted by molar-refractivity contribution is -0.129. The fourth-order valence-corrected chi connectivity index (χ4v) is 2.16. The van der Waals surface area contributed by atoms with E-state index in [1.165, 1.54) is 0 Å². The average Bonchev–Trinajstić information content (AvgIpc) is 2.27. The number of hydrogen-bond donors (Lipinski definition) is 3. The van der Waals surface area contributed by atoms with E-state index in [0.717, 1.165) is 0 Å². The summed E-state index contributed by atoms with van der Waals surface area (Å²) < 4.78 is 25.0. The van der Waals surface area contributed by atoms with E-state index in [2.05, 4.69) is 10.0 Å². The van der Waals surface area contributed by atoms with Crippen molar-refractivity contribution >= 4 is 15.9 Å². The molecule has 0 aliphatic carbocycles. The Morgan fingerprint density at radius 2 is 1.94 bits per heavy atom. The van der Waals surface area contributed by atoms with E-state index in [1.807, 2.05) is 6.92 Å². The predicted octanol–water partition coefficient (Wildman–Crippen LogP) is -0.583. The van der Waals surface area contributed by atoms with Crippen LogP contribution in [0.5, 0.6) is 0 Å². The summed E-state index contributed by atoms with van der Waals surface area (Å²) in [6, 6.07) is 0. The lowest BCUT2D eigenvalue weighted by atomic mass is 9.87. The zero-order valence-electron chi connectivity index (χ0n) is 10.7. The fraction of sp³-hybridized carbons (Fsp3) is 0.900. The Morgan fingerprint density at radius 3 is 2.35 bits per heavy atom. The first-order chi connectivity index (χ1) is 7.81. The van der Waals surface area contributed by atoms with Gasteiger partial charge in [-0.15, -0.1) is 0 Å². The molecule has 0 fully saturated rings. The number of amides is 1. The van der Waals surface area contributed by atoms with Crippen LogP contribution in [-0.2, 0) is 14.8 Å². The minimum Gasteiger partial charge on any atom is -0.355 e. The summed E-state index contributed by atoms with van der Waals surface area (Å²) in [5, 5.41) is 2.60. The van der Waals surface area contributed by atoms with Crippen LogP contribution in [-0.4, -0.2) is 39.7 Å². The van der Waals surface area contributed by atoms with Crippen molar-refractivity contribution in [3.63, 3.8) is 0 Å². The van der Waals surface area contributed by atoms with Crippen LogP contribution in [0.3, 0.4) is 0 Å². The largest absolute Gasteiger partial charge is 0.355 e.